The molecular formula is C16H22N2O5. The number of aryl methyl sites for hydroxylation is 1. The number of carbonyl (C=O) groups excluding carboxylic acids is 1. The lowest BCUT2D eigenvalue weighted by molar-refractivity contribution is -0.0819. The zero-order chi connectivity index (χ0) is 17.0. The summed E-state index contributed by atoms with van der Waals surface area (Å²) in [5.41, 5.74) is 0.193. The number of carbonyl (C=O) groups is 2. The minimum Gasteiger partial charge on any atom is -0.477 e. The molecule has 7 nitrogen and oxygen atoms in total. The molecular weight excluding hydrogens is 300 g/mol. The van der Waals surface area contributed by atoms with E-state index in [0.717, 1.165) is 12.8 Å². The molecule has 3 rings (SSSR count). The van der Waals surface area contributed by atoms with Crippen molar-refractivity contribution < 1.29 is 24.0 Å². The first-order valence-electron chi connectivity index (χ1n) is 7.78. The van der Waals surface area contributed by atoms with Gasteiger partial charge in [0, 0.05) is 24.4 Å². The van der Waals surface area contributed by atoms with E-state index in [1.54, 1.807) is 11.8 Å². The Hall–Kier alpha value is -2.05. The third-order valence-corrected chi connectivity index (χ3v) is 4.54. The topological polar surface area (TPSA) is 92.9 Å². The number of rotatable bonds is 2. The molecule has 1 saturated heterocycles. The Morgan fingerprint density at radius 2 is 1.96 bits per heavy atom. The van der Waals surface area contributed by atoms with Crippen LogP contribution in [0.2, 0.25) is 0 Å². The Balaban J connectivity index is 1.57. The van der Waals surface area contributed by atoms with Gasteiger partial charge in [-0.2, -0.15) is 0 Å². The zero-order valence-electron chi connectivity index (χ0n) is 13.9. The number of likely N-dealkylation sites (tertiary alicyclic amines) is 1. The van der Waals surface area contributed by atoms with Crippen LogP contribution in [0.15, 0.2) is 4.52 Å². The molecule has 1 spiro atoms. The first-order chi connectivity index (χ1) is 10.6. The molecule has 1 aromatic heterocycles. The van der Waals surface area contributed by atoms with Crippen LogP contribution in [0.4, 0.5) is 4.79 Å². The van der Waals surface area contributed by atoms with E-state index in [1.165, 1.54) is 0 Å². The second kappa shape index (κ2) is 4.97. The fourth-order valence-electron chi connectivity index (χ4n) is 3.57. The lowest BCUT2D eigenvalue weighted by Crippen LogP contribution is -2.63. The average Bonchev–Trinajstić information content (AvgIpc) is 2.65. The molecule has 2 fully saturated rings. The van der Waals surface area contributed by atoms with E-state index in [-0.39, 0.29) is 23.0 Å². The molecule has 0 unspecified atom stereocenters. The Morgan fingerprint density at radius 3 is 2.48 bits per heavy atom. The van der Waals surface area contributed by atoms with Crippen LogP contribution in [0.5, 0.6) is 0 Å². The van der Waals surface area contributed by atoms with Gasteiger partial charge in [-0.1, -0.05) is 5.16 Å². The Bertz CT molecular complexity index is 644. The highest BCUT2D eigenvalue weighted by molar-refractivity contribution is 5.90. The number of carboxylic acid groups (broad SMARTS) is 1. The van der Waals surface area contributed by atoms with E-state index in [2.05, 4.69) is 5.16 Å². The summed E-state index contributed by atoms with van der Waals surface area (Å²) in [4.78, 5) is 25.0. The highest BCUT2D eigenvalue weighted by Gasteiger charge is 2.56. The van der Waals surface area contributed by atoms with Gasteiger partial charge in [0.25, 0.3) is 0 Å². The number of hydrogen-bond acceptors (Lipinski definition) is 5. The van der Waals surface area contributed by atoms with Crippen molar-refractivity contribution in [2.45, 2.75) is 52.1 Å². The fourth-order valence-corrected chi connectivity index (χ4v) is 3.57. The molecule has 0 aromatic carbocycles. The predicted molar refractivity (Wildman–Crippen MR) is 80.4 cm³/mol. The maximum Gasteiger partial charge on any atom is 0.410 e. The predicted octanol–water partition coefficient (Wildman–Crippen LogP) is 2.80. The highest BCUT2D eigenvalue weighted by atomic mass is 16.6. The SMILES string of the molecule is Cc1noc(C2CC3(C2)CN(C(=O)OC(C)(C)C)C3)c1C(=O)O. The van der Waals surface area contributed by atoms with Gasteiger partial charge in [-0.15, -0.1) is 0 Å². The summed E-state index contributed by atoms with van der Waals surface area (Å²) in [5, 5.41) is 13.0. The number of aromatic carboxylic acids is 1. The van der Waals surface area contributed by atoms with E-state index < -0.39 is 11.6 Å². The summed E-state index contributed by atoms with van der Waals surface area (Å²) in [6.07, 6.45) is 1.36. The molecule has 1 N–H and O–H groups in total. The maximum atomic E-state index is 12.0. The van der Waals surface area contributed by atoms with Crippen LogP contribution in [-0.4, -0.2) is 45.9 Å². The second-order valence-electron chi connectivity index (χ2n) is 7.75. The zero-order valence-corrected chi connectivity index (χ0v) is 13.9. The molecule has 0 radical (unpaired) electrons. The van der Waals surface area contributed by atoms with Crippen LogP contribution >= 0.6 is 0 Å². The third-order valence-electron chi connectivity index (χ3n) is 4.54. The van der Waals surface area contributed by atoms with Crippen LogP contribution in [-0.2, 0) is 4.74 Å². The first-order valence-corrected chi connectivity index (χ1v) is 7.78. The van der Waals surface area contributed by atoms with Gasteiger partial charge in [0.15, 0.2) is 5.76 Å². The van der Waals surface area contributed by atoms with Gasteiger partial charge in [-0.3, -0.25) is 0 Å². The molecule has 1 aliphatic heterocycles. The monoisotopic (exact) mass is 322 g/mol. The molecule has 1 aromatic rings. The number of amides is 1. The number of ether oxygens (including phenoxy) is 1. The van der Waals surface area contributed by atoms with Crippen LogP contribution in [0.1, 0.15) is 61.3 Å². The first kappa shape index (κ1) is 15.8. The van der Waals surface area contributed by atoms with Crippen molar-refractivity contribution in [3.8, 4) is 0 Å². The van der Waals surface area contributed by atoms with Gasteiger partial charge in [-0.05, 0) is 40.5 Å². The van der Waals surface area contributed by atoms with Gasteiger partial charge in [0.2, 0.25) is 0 Å². The molecule has 7 heteroatoms. The molecule has 2 aliphatic rings. The number of aromatic nitrogens is 1. The summed E-state index contributed by atoms with van der Waals surface area (Å²) in [7, 11) is 0. The molecule has 0 bridgehead atoms. The summed E-state index contributed by atoms with van der Waals surface area (Å²) in [5.74, 6) is -0.455. The number of carboxylic acids is 1. The highest BCUT2D eigenvalue weighted by Crippen LogP contribution is 2.56. The van der Waals surface area contributed by atoms with Crippen molar-refractivity contribution >= 4 is 12.1 Å². The molecule has 1 saturated carbocycles. The average molecular weight is 322 g/mol. The standard InChI is InChI=1S/C16H22N2O5/c1-9-11(13(19)20)12(23-17-9)10-5-16(6-10)7-18(8-16)14(21)22-15(2,3)4/h10H,5-8H2,1-4H3,(H,19,20). The van der Waals surface area contributed by atoms with Gasteiger partial charge in [-0.25, -0.2) is 9.59 Å². The van der Waals surface area contributed by atoms with Crippen molar-refractivity contribution in [1.82, 2.24) is 10.1 Å². The second-order valence-corrected chi connectivity index (χ2v) is 7.75. The molecule has 1 aliphatic carbocycles. The van der Waals surface area contributed by atoms with Gasteiger partial charge >= 0.3 is 12.1 Å². The van der Waals surface area contributed by atoms with Crippen LogP contribution in [0, 0.1) is 12.3 Å². The molecule has 0 atom stereocenters. The Morgan fingerprint density at radius 1 is 1.35 bits per heavy atom. The van der Waals surface area contributed by atoms with Crippen molar-refractivity contribution in [1.29, 1.82) is 0 Å². The van der Waals surface area contributed by atoms with Gasteiger partial charge in [0.05, 0.1) is 5.69 Å². The molecule has 23 heavy (non-hydrogen) atoms. The van der Waals surface area contributed by atoms with E-state index in [9.17, 15) is 14.7 Å². The van der Waals surface area contributed by atoms with Gasteiger partial charge in [0.1, 0.15) is 11.2 Å². The molecule has 126 valence electrons. The van der Waals surface area contributed by atoms with Crippen molar-refractivity contribution in [3.05, 3.63) is 17.0 Å². The molecule has 2 heterocycles. The lowest BCUT2D eigenvalue weighted by Gasteiger charge is -2.58. The van der Waals surface area contributed by atoms with Crippen molar-refractivity contribution in [3.63, 3.8) is 0 Å². The van der Waals surface area contributed by atoms with Crippen LogP contribution < -0.4 is 0 Å². The van der Waals surface area contributed by atoms with Gasteiger partial charge < -0.3 is 19.3 Å². The van der Waals surface area contributed by atoms with E-state index in [1.807, 2.05) is 20.8 Å². The third kappa shape index (κ3) is 2.80. The van der Waals surface area contributed by atoms with Crippen molar-refractivity contribution in [2.24, 2.45) is 5.41 Å². The fraction of sp³-hybridized carbons (Fsp3) is 0.688. The van der Waals surface area contributed by atoms with Crippen molar-refractivity contribution in [2.75, 3.05) is 13.1 Å². The minimum absolute atomic E-state index is 0.0723. The van der Waals surface area contributed by atoms with E-state index in [4.69, 9.17) is 9.26 Å². The number of hydrogen-bond donors (Lipinski definition) is 1. The quantitative estimate of drug-likeness (QED) is 0.900. The van der Waals surface area contributed by atoms with E-state index in [0.29, 0.717) is 24.5 Å². The van der Waals surface area contributed by atoms with Crippen LogP contribution in [0.3, 0.4) is 0 Å². The smallest absolute Gasteiger partial charge is 0.410 e. The summed E-state index contributed by atoms with van der Waals surface area (Å²) >= 11 is 0. The molecule has 1 amide bonds. The van der Waals surface area contributed by atoms with Crippen LogP contribution in [0.25, 0.3) is 0 Å². The summed E-state index contributed by atoms with van der Waals surface area (Å²) in [6.45, 7) is 8.50. The maximum absolute atomic E-state index is 12.0. The normalized spacial score (nSPS) is 20.1. The largest absolute Gasteiger partial charge is 0.477 e. The Labute approximate surface area is 134 Å². The Kier molecular flexibility index (Phi) is 3.42. The lowest BCUT2D eigenvalue weighted by atomic mass is 9.57. The van der Waals surface area contributed by atoms with E-state index >= 15 is 0 Å². The summed E-state index contributed by atoms with van der Waals surface area (Å²) < 4.78 is 10.6. The minimum atomic E-state index is -0.997. The summed E-state index contributed by atoms with van der Waals surface area (Å²) in [6, 6.07) is 0. The number of nitrogens with zero attached hydrogens (tertiary/aromatic N) is 2.